The summed E-state index contributed by atoms with van der Waals surface area (Å²) in [6, 6.07) is 12.7. The van der Waals surface area contributed by atoms with Crippen LogP contribution in [-0.2, 0) is 11.3 Å². The number of hydrogen-bond donors (Lipinski definition) is 2. The highest BCUT2D eigenvalue weighted by Gasteiger charge is 2.35. The number of benzene rings is 2. The monoisotopic (exact) mass is 439 g/mol. The quantitative estimate of drug-likeness (QED) is 0.595. The van der Waals surface area contributed by atoms with Gasteiger partial charge >= 0.3 is 6.03 Å². The molecule has 0 radical (unpaired) electrons. The predicted octanol–water partition coefficient (Wildman–Crippen LogP) is 5.02. The van der Waals surface area contributed by atoms with E-state index in [1.165, 1.54) is 6.07 Å². The summed E-state index contributed by atoms with van der Waals surface area (Å²) in [5.41, 5.74) is 3.68. The van der Waals surface area contributed by atoms with E-state index in [1.807, 2.05) is 31.2 Å². The number of aryl methyl sites for hydroxylation is 2. The second-order valence-electron chi connectivity index (χ2n) is 8.74. The number of carbonyl (C=O) groups is 2. The van der Waals surface area contributed by atoms with Crippen molar-refractivity contribution in [2.24, 2.45) is 5.92 Å². The van der Waals surface area contributed by atoms with Gasteiger partial charge in [0.2, 0.25) is 5.91 Å². The number of amides is 3. The molecule has 5 nitrogen and oxygen atoms in total. The van der Waals surface area contributed by atoms with E-state index in [4.69, 9.17) is 0 Å². The molecule has 2 aromatic rings. The van der Waals surface area contributed by atoms with Crippen molar-refractivity contribution in [3.63, 3.8) is 0 Å². The number of nitrogens with zero attached hydrogens (tertiary/aromatic N) is 1. The molecule has 172 valence electrons. The van der Waals surface area contributed by atoms with Crippen LogP contribution in [0.4, 0.5) is 9.18 Å². The summed E-state index contributed by atoms with van der Waals surface area (Å²) in [7, 11) is 0. The van der Waals surface area contributed by atoms with Crippen LogP contribution < -0.4 is 10.6 Å². The molecule has 1 aliphatic heterocycles. The molecule has 2 N–H and O–H groups in total. The SMILES string of the molecule is CCCCNC(=O)N1CC(C(=O)NCc2cccc(C)c2)CCC1c1ccc(F)c(C)c1. The Bertz CT molecular complexity index is 946. The first-order valence-electron chi connectivity index (χ1n) is 11.5. The summed E-state index contributed by atoms with van der Waals surface area (Å²) >= 11 is 0. The lowest BCUT2D eigenvalue weighted by Crippen LogP contribution is -2.50. The Morgan fingerprint density at radius 3 is 2.62 bits per heavy atom. The third-order valence-electron chi connectivity index (χ3n) is 6.14. The van der Waals surface area contributed by atoms with Crippen LogP contribution in [0.5, 0.6) is 0 Å². The molecule has 3 rings (SSSR count). The Kier molecular flexibility index (Phi) is 8.26. The lowest BCUT2D eigenvalue weighted by molar-refractivity contribution is -0.126. The zero-order chi connectivity index (χ0) is 23.1. The molecule has 1 heterocycles. The molecule has 3 amide bonds. The molecule has 0 saturated carbocycles. The highest BCUT2D eigenvalue weighted by molar-refractivity contribution is 5.81. The maximum atomic E-state index is 13.8. The van der Waals surface area contributed by atoms with Gasteiger partial charge in [0.25, 0.3) is 0 Å². The molecular weight excluding hydrogens is 405 g/mol. The Labute approximate surface area is 190 Å². The van der Waals surface area contributed by atoms with Crippen molar-refractivity contribution in [2.75, 3.05) is 13.1 Å². The fourth-order valence-electron chi connectivity index (χ4n) is 4.26. The van der Waals surface area contributed by atoms with Gasteiger partial charge in [0.15, 0.2) is 0 Å². The van der Waals surface area contributed by atoms with Crippen molar-refractivity contribution in [3.8, 4) is 0 Å². The number of hydrogen-bond acceptors (Lipinski definition) is 2. The van der Waals surface area contributed by atoms with Gasteiger partial charge in [0, 0.05) is 19.6 Å². The van der Waals surface area contributed by atoms with Gasteiger partial charge in [0.1, 0.15) is 5.82 Å². The standard InChI is InChI=1S/C26H34FN3O2/c1-4-5-13-28-26(32)30-17-22(25(31)29-16-20-8-6-7-18(2)14-20)10-12-24(30)21-9-11-23(27)19(3)15-21/h6-9,11,14-15,22,24H,4-5,10,12-13,16-17H2,1-3H3,(H,28,32)(H,29,31). The van der Waals surface area contributed by atoms with Crippen LogP contribution in [0.15, 0.2) is 42.5 Å². The van der Waals surface area contributed by atoms with Crippen molar-refractivity contribution < 1.29 is 14.0 Å². The fourth-order valence-corrected chi connectivity index (χ4v) is 4.26. The average molecular weight is 440 g/mol. The Hall–Kier alpha value is -2.89. The minimum atomic E-state index is -0.269. The molecule has 6 heteroatoms. The maximum Gasteiger partial charge on any atom is 0.317 e. The van der Waals surface area contributed by atoms with Gasteiger partial charge < -0.3 is 15.5 Å². The van der Waals surface area contributed by atoms with Crippen LogP contribution in [0.25, 0.3) is 0 Å². The van der Waals surface area contributed by atoms with Crippen LogP contribution in [0.3, 0.4) is 0 Å². The summed E-state index contributed by atoms with van der Waals surface area (Å²) in [6.07, 6.45) is 3.24. The van der Waals surface area contributed by atoms with E-state index in [-0.39, 0.29) is 29.7 Å². The predicted molar refractivity (Wildman–Crippen MR) is 125 cm³/mol. The molecule has 32 heavy (non-hydrogen) atoms. The number of halogens is 1. The largest absolute Gasteiger partial charge is 0.352 e. The van der Waals surface area contributed by atoms with E-state index in [9.17, 15) is 14.0 Å². The molecule has 1 aliphatic rings. The lowest BCUT2D eigenvalue weighted by Gasteiger charge is -2.39. The topological polar surface area (TPSA) is 61.4 Å². The first-order valence-corrected chi connectivity index (χ1v) is 11.5. The highest BCUT2D eigenvalue weighted by atomic mass is 19.1. The van der Waals surface area contributed by atoms with E-state index in [0.717, 1.165) is 29.5 Å². The minimum absolute atomic E-state index is 0.0356. The van der Waals surface area contributed by atoms with E-state index in [1.54, 1.807) is 17.9 Å². The minimum Gasteiger partial charge on any atom is -0.352 e. The fraction of sp³-hybridized carbons (Fsp3) is 0.462. The number of piperidine rings is 1. The van der Waals surface area contributed by atoms with Gasteiger partial charge in [-0.2, -0.15) is 0 Å². The number of likely N-dealkylation sites (tertiary alicyclic amines) is 1. The number of nitrogens with one attached hydrogen (secondary N) is 2. The van der Waals surface area contributed by atoms with Crippen LogP contribution in [0, 0.1) is 25.6 Å². The molecule has 0 bridgehead atoms. The van der Waals surface area contributed by atoms with Gasteiger partial charge in [-0.15, -0.1) is 0 Å². The third kappa shape index (κ3) is 6.09. The zero-order valence-electron chi connectivity index (χ0n) is 19.3. The van der Waals surface area contributed by atoms with Crippen molar-refractivity contribution in [2.45, 2.75) is 59.0 Å². The lowest BCUT2D eigenvalue weighted by atomic mass is 9.88. The van der Waals surface area contributed by atoms with E-state index in [2.05, 4.69) is 23.6 Å². The van der Waals surface area contributed by atoms with Crippen LogP contribution in [0.1, 0.15) is 60.9 Å². The Morgan fingerprint density at radius 1 is 1.09 bits per heavy atom. The van der Waals surface area contributed by atoms with Crippen molar-refractivity contribution in [1.82, 2.24) is 15.5 Å². The molecule has 2 aromatic carbocycles. The highest BCUT2D eigenvalue weighted by Crippen LogP contribution is 2.34. The van der Waals surface area contributed by atoms with Crippen molar-refractivity contribution in [3.05, 3.63) is 70.5 Å². The van der Waals surface area contributed by atoms with Crippen LogP contribution >= 0.6 is 0 Å². The number of unbranched alkanes of at least 4 members (excludes halogenated alkanes) is 1. The van der Waals surface area contributed by atoms with Gasteiger partial charge in [-0.05, 0) is 55.9 Å². The van der Waals surface area contributed by atoms with E-state index < -0.39 is 0 Å². The Morgan fingerprint density at radius 2 is 1.91 bits per heavy atom. The normalized spacial score (nSPS) is 18.3. The average Bonchev–Trinajstić information content (AvgIpc) is 2.79. The van der Waals surface area contributed by atoms with Crippen molar-refractivity contribution >= 4 is 11.9 Å². The zero-order valence-corrected chi connectivity index (χ0v) is 19.3. The molecular formula is C26H34FN3O2. The number of carbonyl (C=O) groups excluding carboxylic acids is 2. The number of urea groups is 1. The second-order valence-corrected chi connectivity index (χ2v) is 8.74. The van der Waals surface area contributed by atoms with Gasteiger partial charge in [-0.1, -0.05) is 55.3 Å². The number of rotatable bonds is 7. The summed E-state index contributed by atoms with van der Waals surface area (Å²) < 4.78 is 13.8. The smallest absolute Gasteiger partial charge is 0.317 e. The van der Waals surface area contributed by atoms with Crippen LogP contribution in [-0.4, -0.2) is 29.9 Å². The molecule has 2 atom stereocenters. The van der Waals surface area contributed by atoms with E-state index >= 15 is 0 Å². The summed E-state index contributed by atoms with van der Waals surface area (Å²) in [5, 5.41) is 6.02. The summed E-state index contributed by atoms with van der Waals surface area (Å²) in [6.45, 7) is 7.25. The molecule has 0 aromatic heterocycles. The molecule has 0 aliphatic carbocycles. The van der Waals surface area contributed by atoms with E-state index in [0.29, 0.717) is 38.0 Å². The third-order valence-corrected chi connectivity index (χ3v) is 6.14. The van der Waals surface area contributed by atoms with Gasteiger partial charge in [0.05, 0.1) is 12.0 Å². The second kappa shape index (κ2) is 11.1. The van der Waals surface area contributed by atoms with Crippen LogP contribution in [0.2, 0.25) is 0 Å². The first-order chi connectivity index (χ1) is 15.4. The summed E-state index contributed by atoms with van der Waals surface area (Å²) in [5.74, 6) is -0.557. The molecule has 1 saturated heterocycles. The molecule has 0 spiro atoms. The van der Waals surface area contributed by atoms with Gasteiger partial charge in [-0.25, -0.2) is 9.18 Å². The summed E-state index contributed by atoms with van der Waals surface area (Å²) in [4.78, 5) is 27.7. The van der Waals surface area contributed by atoms with Crippen molar-refractivity contribution in [1.29, 1.82) is 0 Å². The van der Waals surface area contributed by atoms with Gasteiger partial charge in [-0.3, -0.25) is 4.79 Å². The maximum absolute atomic E-state index is 13.8. The molecule has 1 fully saturated rings. The molecule has 2 unspecified atom stereocenters. The first kappa shape index (κ1) is 23.8. The Balaban J connectivity index is 1.71.